The lowest BCUT2D eigenvalue weighted by atomic mass is 10.1. The van der Waals surface area contributed by atoms with Crippen LogP contribution in [-0.2, 0) is 6.54 Å². The predicted octanol–water partition coefficient (Wildman–Crippen LogP) is 7.21. The van der Waals surface area contributed by atoms with E-state index in [1.165, 1.54) is 10.5 Å². The van der Waals surface area contributed by atoms with Crippen molar-refractivity contribution in [2.75, 3.05) is 0 Å². The first-order chi connectivity index (χ1) is 14.8. The highest BCUT2D eigenvalue weighted by Gasteiger charge is 2.24. The van der Waals surface area contributed by atoms with Gasteiger partial charge < -0.3 is 8.98 Å². The lowest BCUT2D eigenvalue weighted by molar-refractivity contribution is 0.492. The quantitative estimate of drug-likeness (QED) is 0.266. The number of benzene rings is 3. The third kappa shape index (κ3) is 3.89. The number of aromatic nitrogens is 2. The van der Waals surface area contributed by atoms with Crippen LogP contribution in [0.15, 0.2) is 107 Å². The van der Waals surface area contributed by atoms with Gasteiger partial charge in [-0.05, 0) is 48.0 Å². The summed E-state index contributed by atoms with van der Waals surface area (Å²) < 4.78 is 7.89. The Balaban J connectivity index is 1.68. The van der Waals surface area contributed by atoms with Crippen molar-refractivity contribution in [2.45, 2.75) is 16.7 Å². The molecule has 0 aliphatic carbocycles. The SMILES string of the molecule is Clc1ccc2c(c1)nc(C(Sc1ccccc1)c1ccccc1)n2Cc1ccco1. The lowest BCUT2D eigenvalue weighted by Gasteiger charge is -2.19. The molecular formula is C25H19ClN2OS. The van der Waals surface area contributed by atoms with E-state index >= 15 is 0 Å². The van der Waals surface area contributed by atoms with Gasteiger partial charge in [-0.3, -0.25) is 0 Å². The molecule has 3 nitrogen and oxygen atoms in total. The molecule has 0 aliphatic rings. The number of furan rings is 1. The van der Waals surface area contributed by atoms with Crippen LogP contribution in [0, 0.1) is 0 Å². The first-order valence-electron chi connectivity index (χ1n) is 9.72. The Labute approximate surface area is 184 Å². The van der Waals surface area contributed by atoms with Gasteiger partial charge in [-0.25, -0.2) is 4.98 Å². The lowest BCUT2D eigenvalue weighted by Crippen LogP contribution is -2.09. The summed E-state index contributed by atoms with van der Waals surface area (Å²) in [6.07, 6.45) is 1.71. The second-order valence-corrected chi connectivity index (χ2v) is 8.61. The topological polar surface area (TPSA) is 31.0 Å². The van der Waals surface area contributed by atoms with E-state index in [1.54, 1.807) is 18.0 Å². The van der Waals surface area contributed by atoms with Crippen LogP contribution in [0.3, 0.4) is 0 Å². The Bertz CT molecular complexity index is 1250. The third-order valence-corrected chi connectivity index (χ3v) is 6.47. The van der Waals surface area contributed by atoms with E-state index in [1.807, 2.05) is 42.5 Å². The molecule has 0 amide bonds. The molecule has 1 unspecified atom stereocenters. The maximum atomic E-state index is 6.28. The van der Waals surface area contributed by atoms with Gasteiger partial charge in [0.05, 0.1) is 29.1 Å². The molecule has 0 saturated heterocycles. The zero-order valence-electron chi connectivity index (χ0n) is 16.1. The monoisotopic (exact) mass is 430 g/mol. The van der Waals surface area contributed by atoms with Gasteiger partial charge in [0.1, 0.15) is 11.6 Å². The molecular weight excluding hydrogens is 412 g/mol. The van der Waals surface area contributed by atoms with E-state index in [4.69, 9.17) is 21.0 Å². The second-order valence-electron chi connectivity index (χ2n) is 6.99. The van der Waals surface area contributed by atoms with Crippen LogP contribution in [0.4, 0.5) is 0 Å². The summed E-state index contributed by atoms with van der Waals surface area (Å²) in [5.41, 5.74) is 3.13. The number of fused-ring (bicyclic) bond motifs is 1. The number of imidazole rings is 1. The highest BCUT2D eigenvalue weighted by molar-refractivity contribution is 7.99. The Morgan fingerprint density at radius 2 is 1.67 bits per heavy atom. The molecule has 0 saturated carbocycles. The van der Waals surface area contributed by atoms with Gasteiger partial charge in [-0.1, -0.05) is 60.1 Å². The average molecular weight is 431 g/mol. The minimum atomic E-state index is 0.0229. The number of rotatable bonds is 6. The summed E-state index contributed by atoms with van der Waals surface area (Å²) in [6.45, 7) is 0.610. The van der Waals surface area contributed by atoms with Crippen molar-refractivity contribution in [2.24, 2.45) is 0 Å². The van der Waals surface area contributed by atoms with Crippen molar-refractivity contribution in [3.05, 3.63) is 119 Å². The molecule has 30 heavy (non-hydrogen) atoms. The Kier molecular flexibility index (Phi) is 5.35. The number of thioether (sulfide) groups is 1. The van der Waals surface area contributed by atoms with E-state index in [9.17, 15) is 0 Å². The maximum absolute atomic E-state index is 6.28. The number of nitrogens with zero attached hydrogens (tertiary/aromatic N) is 2. The molecule has 5 rings (SSSR count). The van der Waals surface area contributed by atoms with Crippen LogP contribution in [0.1, 0.15) is 22.4 Å². The fourth-order valence-corrected chi connectivity index (χ4v) is 4.91. The normalized spacial score (nSPS) is 12.3. The van der Waals surface area contributed by atoms with E-state index in [0.29, 0.717) is 11.6 Å². The van der Waals surface area contributed by atoms with Crippen LogP contribution in [0.25, 0.3) is 11.0 Å². The molecule has 0 N–H and O–H groups in total. The predicted molar refractivity (Wildman–Crippen MR) is 123 cm³/mol. The van der Waals surface area contributed by atoms with Gasteiger partial charge in [0.2, 0.25) is 0 Å². The zero-order valence-corrected chi connectivity index (χ0v) is 17.7. The van der Waals surface area contributed by atoms with Crippen LogP contribution in [-0.4, -0.2) is 9.55 Å². The van der Waals surface area contributed by atoms with E-state index in [-0.39, 0.29) is 5.25 Å². The molecule has 2 aromatic heterocycles. The van der Waals surface area contributed by atoms with Crippen LogP contribution in [0.2, 0.25) is 5.02 Å². The molecule has 0 fully saturated rings. The standard InChI is InChI=1S/C25H19ClN2OS/c26-19-13-14-23-22(16-19)27-25(28(23)17-20-10-7-15-29-20)24(18-8-3-1-4-9-18)30-21-11-5-2-6-12-21/h1-16,24H,17H2. The number of hydrogen-bond acceptors (Lipinski definition) is 3. The van der Waals surface area contributed by atoms with Crippen LogP contribution in [0.5, 0.6) is 0 Å². The highest BCUT2D eigenvalue weighted by Crippen LogP contribution is 2.41. The average Bonchev–Trinajstić information content (AvgIpc) is 3.42. The first-order valence-corrected chi connectivity index (χ1v) is 11.0. The Morgan fingerprint density at radius 1 is 0.900 bits per heavy atom. The summed E-state index contributed by atoms with van der Waals surface area (Å²) in [4.78, 5) is 6.24. The smallest absolute Gasteiger partial charge is 0.128 e. The molecule has 5 heteroatoms. The summed E-state index contributed by atoms with van der Waals surface area (Å²) in [6, 6.07) is 30.7. The second kappa shape index (κ2) is 8.42. The summed E-state index contributed by atoms with van der Waals surface area (Å²) >= 11 is 8.07. The first kappa shape index (κ1) is 19.0. The molecule has 2 heterocycles. The van der Waals surface area contributed by atoms with Crippen molar-refractivity contribution in [3.63, 3.8) is 0 Å². The van der Waals surface area contributed by atoms with E-state index < -0.39 is 0 Å². The van der Waals surface area contributed by atoms with Crippen molar-refractivity contribution in [1.82, 2.24) is 9.55 Å². The van der Waals surface area contributed by atoms with Gasteiger partial charge in [-0.2, -0.15) is 0 Å². The third-order valence-electron chi connectivity index (χ3n) is 4.97. The van der Waals surface area contributed by atoms with Crippen molar-refractivity contribution >= 4 is 34.4 Å². The number of hydrogen-bond donors (Lipinski definition) is 0. The molecule has 0 spiro atoms. The van der Waals surface area contributed by atoms with E-state index in [2.05, 4.69) is 53.1 Å². The highest BCUT2D eigenvalue weighted by atomic mass is 35.5. The molecule has 0 aliphatic heterocycles. The molecule has 0 bridgehead atoms. The Morgan fingerprint density at radius 3 is 2.40 bits per heavy atom. The summed E-state index contributed by atoms with van der Waals surface area (Å²) in [7, 11) is 0. The van der Waals surface area contributed by atoms with Gasteiger partial charge in [0.15, 0.2) is 0 Å². The van der Waals surface area contributed by atoms with Crippen LogP contribution >= 0.6 is 23.4 Å². The van der Waals surface area contributed by atoms with Crippen molar-refractivity contribution < 1.29 is 4.42 Å². The molecule has 0 radical (unpaired) electrons. The van der Waals surface area contributed by atoms with E-state index in [0.717, 1.165) is 22.6 Å². The van der Waals surface area contributed by atoms with Gasteiger partial charge >= 0.3 is 0 Å². The summed E-state index contributed by atoms with van der Waals surface area (Å²) in [5, 5.41) is 0.707. The van der Waals surface area contributed by atoms with Crippen molar-refractivity contribution in [3.8, 4) is 0 Å². The Hall–Kier alpha value is -2.95. The number of halogens is 1. The molecule has 148 valence electrons. The largest absolute Gasteiger partial charge is 0.467 e. The molecule has 5 aromatic rings. The molecule has 1 atom stereocenters. The fraction of sp³-hybridized carbons (Fsp3) is 0.0800. The van der Waals surface area contributed by atoms with Crippen molar-refractivity contribution in [1.29, 1.82) is 0 Å². The fourth-order valence-electron chi connectivity index (χ4n) is 3.58. The molecule has 3 aromatic carbocycles. The van der Waals surface area contributed by atoms with Gasteiger partial charge in [0.25, 0.3) is 0 Å². The van der Waals surface area contributed by atoms with Crippen LogP contribution < -0.4 is 0 Å². The minimum absolute atomic E-state index is 0.0229. The van der Waals surface area contributed by atoms with Gasteiger partial charge in [-0.15, -0.1) is 11.8 Å². The maximum Gasteiger partial charge on any atom is 0.128 e. The van der Waals surface area contributed by atoms with Gasteiger partial charge in [0, 0.05) is 9.92 Å². The summed E-state index contributed by atoms with van der Waals surface area (Å²) in [5.74, 6) is 1.87. The zero-order chi connectivity index (χ0) is 20.3. The minimum Gasteiger partial charge on any atom is -0.467 e.